The van der Waals surface area contributed by atoms with E-state index in [1.807, 2.05) is 49.4 Å². The van der Waals surface area contributed by atoms with Gasteiger partial charge in [0.2, 0.25) is 0 Å². The minimum absolute atomic E-state index is 0.0446. The maximum absolute atomic E-state index is 12.0. The number of benzene rings is 2. The van der Waals surface area contributed by atoms with Crippen molar-refractivity contribution in [3.05, 3.63) is 59.4 Å². The van der Waals surface area contributed by atoms with Gasteiger partial charge in [0, 0.05) is 30.9 Å². The molecule has 2 aromatic carbocycles. The zero-order chi connectivity index (χ0) is 22.2. The van der Waals surface area contributed by atoms with Crippen LogP contribution in [0, 0.1) is 0 Å². The number of hydrogen-bond acceptors (Lipinski definition) is 4. The highest BCUT2D eigenvalue weighted by Crippen LogP contribution is 2.40. The largest absolute Gasteiger partial charge is 0.465 e. The number of amides is 1. The van der Waals surface area contributed by atoms with Gasteiger partial charge in [-0.25, -0.2) is 9.78 Å². The third-order valence-electron chi connectivity index (χ3n) is 6.94. The van der Waals surface area contributed by atoms with E-state index in [9.17, 15) is 15.0 Å². The molecule has 2 atom stereocenters. The molecule has 1 amide bonds. The van der Waals surface area contributed by atoms with Gasteiger partial charge in [-0.3, -0.25) is 4.90 Å². The molecule has 2 aliphatic heterocycles. The average Bonchev–Trinajstić information content (AvgIpc) is 3.20. The van der Waals surface area contributed by atoms with Crippen LogP contribution in [0.15, 0.2) is 42.5 Å². The summed E-state index contributed by atoms with van der Waals surface area (Å²) < 4.78 is 7.90. The van der Waals surface area contributed by atoms with Gasteiger partial charge in [0.25, 0.3) is 0 Å². The number of rotatable bonds is 4. The van der Waals surface area contributed by atoms with Gasteiger partial charge in [0.1, 0.15) is 5.82 Å². The van der Waals surface area contributed by atoms with E-state index in [0.29, 0.717) is 13.2 Å². The zero-order valence-corrected chi connectivity index (χ0v) is 18.3. The van der Waals surface area contributed by atoms with Crippen molar-refractivity contribution in [3.8, 4) is 0 Å². The normalized spacial score (nSPS) is 20.3. The number of nitrogens with zero attached hydrogens (tertiary/aromatic N) is 3. The number of ether oxygens (including phenoxy) is 1. The number of carbonyl (C=O) groups is 1. The second-order valence-corrected chi connectivity index (χ2v) is 8.80. The highest BCUT2D eigenvalue weighted by molar-refractivity contribution is 5.94. The Bertz CT molecular complexity index is 1120. The van der Waals surface area contributed by atoms with Crippen molar-refractivity contribution < 1.29 is 19.7 Å². The van der Waals surface area contributed by atoms with E-state index in [2.05, 4.69) is 4.57 Å². The second kappa shape index (κ2) is 8.56. The van der Waals surface area contributed by atoms with Crippen molar-refractivity contribution in [2.24, 2.45) is 0 Å². The molecule has 1 aromatic heterocycles. The standard InChI is InChI=1S/C25H29N3O4/c1-16-7-8-19-21(27(16)25(30)31)9-10-22-23(19)26-24(28(22)18-11-13-32-14-12-18)20(15-29)17-5-3-2-4-6-17/h2-6,9-10,16,18,20,29H,7-8,11-15H2,1H3,(H,30,31)/t16-,20-/m0/s1. The number of aromatic nitrogens is 2. The molecule has 2 aliphatic rings. The van der Waals surface area contributed by atoms with Crippen LogP contribution in [0.4, 0.5) is 10.5 Å². The molecule has 7 heteroatoms. The maximum atomic E-state index is 12.0. The molecule has 0 saturated carbocycles. The Balaban J connectivity index is 1.73. The summed E-state index contributed by atoms with van der Waals surface area (Å²) in [5, 5.41) is 20.2. The van der Waals surface area contributed by atoms with Crippen molar-refractivity contribution in [2.75, 3.05) is 24.7 Å². The van der Waals surface area contributed by atoms with Crippen LogP contribution in [0.5, 0.6) is 0 Å². The van der Waals surface area contributed by atoms with Gasteiger partial charge in [-0.2, -0.15) is 0 Å². The minimum atomic E-state index is -0.931. The van der Waals surface area contributed by atoms with E-state index in [4.69, 9.17) is 9.72 Å². The topological polar surface area (TPSA) is 87.8 Å². The molecule has 3 aromatic rings. The predicted molar refractivity (Wildman–Crippen MR) is 122 cm³/mol. The summed E-state index contributed by atoms with van der Waals surface area (Å²) in [6, 6.07) is 14.1. The molecule has 7 nitrogen and oxygen atoms in total. The number of fused-ring (bicyclic) bond motifs is 3. The monoisotopic (exact) mass is 435 g/mol. The summed E-state index contributed by atoms with van der Waals surface area (Å²) >= 11 is 0. The fourth-order valence-corrected chi connectivity index (χ4v) is 5.30. The first-order chi connectivity index (χ1) is 15.6. The van der Waals surface area contributed by atoms with E-state index in [1.54, 1.807) is 0 Å². The van der Waals surface area contributed by atoms with E-state index < -0.39 is 6.09 Å². The van der Waals surface area contributed by atoms with Crippen LogP contribution in [0.2, 0.25) is 0 Å². The van der Waals surface area contributed by atoms with Crippen LogP contribution < -0.4 is 4.90 Å². The first-order valence-electron chi connectivity index (χ1n) is 11.4. The highest BCUT2D eigenvalue weighted by Gasteiger charge is 2.33. The number of aliphatic hydroxyl groups excluding tert-OH is 1. The van der Waals surface area contributed by atoms with Gasteiger partial charge in [0.05, 0.1) is 29.2 Å². The van der Waals surface area contributed by atoms with Crippen LogP contribution in [-0.4, -0.2) is 51.7 Å². The van der Waals surface area contributed by atoms with Crippen LogP contribution in [0.25, 0.3) is 11.0 Å². The van der Waals surface area contributed by atoms with Crippen molar-refractivity contribution in [2.45, 2.75) is 50.6 Å². The van der Waals surface area contributed by atoms with Crippen LogP contribution in [0.3, 0.4) is 0 Å². The van der Waals surface area contributed by atoms with E-state index >= 15 is 0 Å². The summed E-state index contributed by atoms with van der Waals surface area (Å²) in [6.07, 6.45) is 2.40. The van der Waals surface area contributed by atoms with Gasteiger partial charge in [0.15, 0.2) is 0 Å². The number of imidazole rings is 1. The molecule has 0 radical (unpaired) electrons. The molecule has 0 unspecified atom stereocenters. The van der Waals surface area contributed by atoms with Gasteiger partial charge < -0.3 is 19.5 Å². The Kier molecular flexibility index (Phi) is 5.61. The summed E-state index contributed by atoms with van der Waals surface area (Å²) in [4.78, 5) is 18.6. The highest BCUT2D eigenvalue weighted by atomic mass is 16.5. The molecule has 0 aliphatic carbocycles. The third-order valence-corrected chi connectivity index (χ3v) is 6.94. The molecule has 1 saturated heterocycles. The lowest BCUT2D eigenvalue weighted by Crippen LogP contribution is -2.41. The molecule has 0 bridgehead atoms. The van der Waals surface area contributed by atoms with Gasteiger partial charge in [-0.1, -0.05) is 30.3 Å². The van der Waals surface area contributed by atoms with Crippen molar-refractivity contribution >= 4 is 22.8 Å². The molecule has 32 heavy (non-hydrogen) atoms. The molecule has 1 fully saturated rings. The fourth-order valence-electron chi connectivity index (χ4n) is 5.30. The Morgan fingerprint density at radius 1 is 1.16 bits per heavy atom. The van der Waals surface area contributed by atoms with Crippen molar-refractivity contribution in [3.63, 3.8) is 0 Å². The summed E-state index contributed by atoms with van der Waals surface area (Å²) in [7, 11) is 0. The van der Waals surface area contributed by atoms with E-state index in [1.165, 1.54) is 4.90 Å². The van der Waals surface area contributed by atoms with Gasteiger partial charge >= 0.3 is 6.09 Å². The molecule has 3 heterocycles. The number of anilines is 1. The Labute approximate surface area is 187 Å². The number of aryl methyl sites for hydroxylation is 1. The number of carboxylic acid groups (broad SMARTS) is 1. The third kappa shape index (κ3) is 3.45. The Hall–Kier alpha value is -2.90. The molecule has 5 rings (SSSR count). The van der Waals surface area contributed by atoms with Gasteiger partial charge in [-0.15, -0.1) is 0 Å². The second-order valence-electron chi connectivity index (χ2n) is 8.80. The van der Waals surface area contributed by atoms with Crippen LogP contribution in [-0.2, 0) is 11.2 Å². The SMILES string of the molecule is C[C@H]1CCc2c(ccc3c2nc([C@@H](CO)c2ccccc2)n3C2CCOCC2)N1C(=O)O. The van der Waals surface area contributed by atoms with Crippen molar-refractivity contribution in [1.82, 2.24) is 9.55 Å². The fraction of sp³-hybridized carbons (Fsp3) is 0.440. The van der Waals surface area contributed by atoms with Crippen LogP contribution >= 0.6 is 0 Å². The number of hydrogen-bond donors (Lipinski definition) is 2. The smallest absolute Gasteiger partial charge is 0.412 e. The predicted octanol–water partition coefficient (Wildman–Crippen LogP) is 4.33. The maximum Gasteiger partial charge on any atom is 0.412 e. The molecule has 0 spiro atoms. The average molecular weight is 436 g/mol. The van der Waals surface area contributed by atoms with E-state index in [-0.39, 0.29) is 24.6 Å². The van der Waals surface area contributed by atoms with Crippen molar-refractivity contribution in [1.29, 1.82) is 0 Å². The molecular weight excluding hydrogens is 406 g/mol. The molecular formula is C25H29N3O4. The first-order valence-corrected chi connectivity index (χ1v) is 11.4. The lowest BCUT2D eigenvalue weighted by atomic mass is 9.95. The molecule has 2 N–H and O–H groups in total. The Morgan fingerprint density at radius 2 is 1.91 bits per heavy atom. The lowest BCUT2D eigenvalue weighted by molar-refractivity contribution is 0.0694. The van der Waals surface area contributed by atoms with Gasteiger partial charge in [-0.05, 0) is 50.3 Å². The molecule has 168 valence electrons. The quantitative estimate of drug-likeness (QED) is 0.637. The lowest BCUT2D eigenvalue weighted by Gasteiger charge is -2.33. The summed E-state index contributed by atoms with van der Waals surface area (Å²) in [5.41, 5.74) is 4.61. The number of aliphatic hydroxyl groups is 1. The Morgan fingerprint density at radius 3 is 2.59 bits per heavy atom. The summed E-state index contributed by atoms with van der Waals surface area (Å²) in [6.45, 7) is 3.31. The van der Waals surface area contributed by atoms with E-state index in [0.717, 1.165) is 59.4 Å². The minimum Gasteiger partial charge on any atom is -0.465 e. The zero-order valence-electron chi connectivity index (χ0n) is 18.3. The van der Waals surface area contributed by atoms with Crippen LogP contribution in [0.1, 0.15) is 55.1 Å². The summed E-state index contributed by atoms with van der Waals surface area (Å²) in [5.74, 6) is 0.592. The first kappa shape index (κ1) is 21.0.